The van der Waals surface area contributed by atoms with Gasteiger partial charge in [0.25, 0.3) is 0 Å². The molecule has 0 aromatic carbocycles. The topological polar surface area (TPSA) is 60.1 Å². The summed E-state index contributed by atoms with van der Waals surface area (Å²) >= 11 is 0. The molecule has 1 aliphatic rings. The predicted octanol–water partition coefficient (Wildman–Crippen LogP) is 3.36. The highest BCUT2D eigenvalue weighted by Gasteiger charge is 2.28. The Labute approximate surface area is 137 Å². The van der Waals surface area contributed by atoms with Gasteiger partial charge >= 0.3 is 0 Å². The fourth-order valence-corrected chi connectivity index (χ4v) is 3.24. The molecule has 1 amide bonds. The Bertz CT molecular complexity index is 665. The minimum atomic E-state index is -0.0290. The van der Waals surface area contributed by atoms with Crippen LogP contribution in [0.2, 0.25) is 0 Å². The monoisotopic (exact) mass is 315 g/mol. The Morgan fingerprint density at radius 1 is 1.48 bits per heavy atom. The third-order valence-electron chi connectivity index (χ3n) is 4.33. The van der Waals surface area contributed by atoms with Crippen LogP contribution in [0.3, 0.4) is 0 Å². The van der Waals surface area contributed by atoms with Crippen LogP contribution in [0.4, 0.5) is 0 Å². The minimum Gasteiger partial charge on any atom is -0.469 e. The van der Waals surface area contributed by atoms with Gasteiger partial charge in [0.2, 0.25) is 5.91 Å². The van der Waals surface area contributed by atoms with Gasteiger partial charge in [-0.15, -0.1) is 0 Å². The number of nitrogens with zero attached hydrogens (tertiary/aromatic N) is 2. The summed E-state index contributed by atoms with van der Waals surface area (Å²) in [4.78, 5) is 12.2. The number of aryl methyl sites for hydroxylation is 1. The van der Waals surface area contributed by atoms with Crippen molar-refractivity contribution in [1.29, 1.82) is 0 Å². The molecule has 0 saturated carbocycles. The molecule has 1 aliphatic carbocycles. The number of aromatic nitrogens is 2. The van der Waals surface area contributed by atoms with Crippen LogP contribution >= 0.6 is 0 Å². The number of rotatable bonds is 4. The van der Waals surface area contributed by atoms with E-state index in [1.54, 1.807) is 6.26 Å². The highest BCUT2D eigenvalue weighted by atomic mass is 16.3. The number of carbonyl (C=O) groups excluding carboxylic acids is 1. The first kappa shape index (κ1) is 15.8. The fraction of sp³-hybridized carbons (Fsp3) is 0.556. The highest BCUT2D eigenvalue weighted by molar-refractivity contribution is 5.76. The maximum atomic E-state index is 12.2. The first-order valence-electron chi connectivity index (χ1n) is 8.34. The van der Waals surface area contributed by atoms with Gasteiger partial charge < -0.3 is 9.73 Å². The van der Waals surface area contributed by atoms with Crippen molar-refractivity contribution >= 4 is 5.91 Å². The summed E-state index contributed by atoms with van der Waals surface area (Å²) in [6, 6.07) is 3.83. The van der Waals surface area contributed by atoms with Crippen molar-refractivity contribution in [3.8, 4) is 0 Å². The zero-order valence-electron chi connectivity index (χ0n) is 14.1. The maximum Gasteiger partial charge on any atom is 0.220 e. The van der Waals surface area contributed by atoms with Gasteiger partial charge in [0.1, 0.15) is 5.76 Å². The van der Waals surface area contributed by atoms with Crippen molar-refractivity contribution in [3.63, 3.8) is 0 Å². The number of amides is 1. The molecule has 5 nitrogen and oxygen atoms in total. The smallest absolute Gasteiger partial charge is 0.220 e. The van der Waals surface area contributed by atoms with Gasteiger partial charge in [0.05, 0.1) is 24.0 Å². The van der Waals surface area contributed by atoms with Crippen molar-refractivity contribution in [2.45, 2.75) is 64.5 Å². The van der Waals surface area contributed by atoms with Crippen molar-refractivity contribution < 1.29 is 9.21 Å². The number of furan rings is 1. The Kier molecular flexibility index (Phi) is 4.28. The highest BCUT2D eigenvalue weighted by Crippen LogP contribution is 2.32. The molecular weight excluding hydrogens is 290 g/mol. The zero-order chi connectivity index (χ0) is 16.4. The average Bonchev–Trinajstić information content (AvgIpc) is 3.14. The lowest BCUT2D eigenvalue weighted by atomic mass is 9.92. The van der Waals surface area contributed by atoms with Crippen LogP contribution in [0.5, 0.6) is 0 Å². The van der Waals surface area contributed by atoms with Crippen LogP contribution in [0.25, 0.3) is 0 Å². The summed E-state index contributed by atoms with van der Waals surface area (Å²) in [7, 11) is 0. The molecule has 0 bridgehead atoms. The standard InChI is InChI=1S/C18H25N3O2/c1-18(2,3)21-16-8-4-7-15(14(16)12-19-21)20-17(22)10-9-13-6-5-11-23-13/h5-6,11-12,15H,4,7-10H2,1-3H3,(H,20,22). The maximum absolute atomic E-state index is 12.2. The number of carbonyl (C=O) groups is 1. The molecule has 0 radical (unpaired) electrons. The molecule has 23 heavy (non-hydrogen) atoms. The summed E-state index contributed by atoms with van der Waals surface area (Å²) in [6.45, 7) is 6.48. The molecule has 0 fully saturated rings. The van der Waals surface area contributed by atoms with Crippen LogP contribution in [-0.4, -0.2) is 15.7 Å². The van der Waals surface area contributed by atoms with E-state index in [-0.39, 0.29) is 17.5 Å². The second kappa shape index (κ2) is 6.22. The van der Waals surface area contributed by atoms with Gasteiger partial charge in [-0.1, -0.05) is 0 Å². The fourth-order valence-electron chi connectivity index (χ4n) is 3.24. The largest absolute Gasteiger partial charge is 0.469 e. The number of hydrogen-bond acceptors (Lipinski definition) is 3. The molecule has 1 unspecified atom stereocenters. The van der Waals surface area contributed by atoms with Crippen LogP contribution in [-0.2, 0) is 23.2 Å². The molecule has 0 saturated heterocycles. The molecule has 2 aromatic heterocycles. The van der Waals surface area contributed by atoms with Crippen LogP contribution < -0.4 is 5.32 Å². The van der Waals surface area contributed by atoms with Gasteiger partial charge in [0.15, 0.2) is 0 Å². The Hall–Kier alpha value is -2.04. The summed E-state index contributed by atoms with van der Waals surface area (Å²) in [5, 5.41) is 7.73. The van der Waals surface area contributed by atoms with Gasteiger partial charge in [0, 0.05) is 24.1 Å². The van der Waals surface area contributed by atoms with Crippen LogP contribution in [0.15, 0.2) is 29.0 Å². The van der Waals surface area contributed by atoms with E-state index in [1.165, 1.54) is 11.3 Å². The lowest BCUT2D eigenvalue weighted by Crippen LogP contribution is -2.32. The molecule has 1 N–H and O–H groups in total. The quantitative estimate of drug-likeness (QED) is 0.941. The summed E-state index contributed by atoms with van der Waals surface area (Å²) in [5.41, 5.74) is 2.41. The third kappa shape index (κ3) is 3.49. The molecule has 124 valence electrons. The van der Waals surface area contributed by atoms with Crippen LogP contribution in [0, 0.1) is 0 Å². The Balaban J connectivity index is 1.66. The van der Waals surface area contributed by atoms with Gasteiger partial charge in [-0.25, -0.2) is 0 Å². The second-order valence-corrected chi connectivity index (χ2v) is 7.22. The molecule has 2 heterocycles. The van der Waals surface area contributed by atoms with Gasteiger partial charge in [-0.05, 0) is 52.2 Å². The summed E-state index contributed by atoms with van der Waals surface area (Å²) in [5.74, 6) is 0.924. The van der Waals surface area contributed by atoms with Crippen molar-refractivity contribution in [2.24, 2.45) is 0 Å². The van der Waals surface area contributed by atoms with Gasteiger partial charge in [-0.2, -0.15) is 5.10 Å². The first-order chi connectivity index (χ1) is 10.9. The van der Waals surface area contributed by atoms with E-state index < -0.39 is 0 Å². The Morgan fingerprint density at radius 3 is 3.00 bits per heavy atom. The van der Waals surface area contributed by atoms with E-state index in [9.17, 15) is 4.79 Å². The third-order valence-corrected chi connectivity index (χ3v) is 4.33. The van der Waals surface area contributed by atoms with Crippen molar-refractivity contribution in [3.05, 3.63) is 41.6 Å². The predicted molar refractivity (Wildman–Crippen MR) is 88.1 cm³/mol. The van der Waals surface area contributed by atoms with E-state index in [0.717, 1.165) is 25.0 Å². The van der Waals surface area contributed by atoms with E-state index in [2.05, 4.69) is 35.9 Å². The Morgan fingerprint density at radius 2 is 2.30 bits per heavy atom. The lowest BCUT2D eigenvalue weighted by molar-refractivity contribution is -0.122. The molecule has 0 spiro atoms. The molecule has 3 rings (SSSR count). The van der Waals surface area contributed by atoms with Crippen LogP contribution in [0.1, 0.15) is 63.1 Å². The first-order valence-corrected chi connectivity index (χ1v) is 8.34. The number of hydrogen-bond donors (Lipinski definition) is 1. The normalized spacial score (nSPS) is 17.8. The van der Waals surface area contributed by atoms with E-state index in [4.69, 9.17) is 4.42 Å². The van der Waals surface area contributed by atoms with Gasteiger partial charge in [-0.3, -0.25) is 9.48 Å². The zero-order valence-corrected chi connectivity index (χ0v) is 14.1. The number of fused-ring (bicyclic) bond motifs is 1. The molecular formula is C18H25N3O2. The van der Waals surface area contributed by atoms with E-state index in [1.807, 2.05) is 18.3 Å². The lowest BCUT2D eigenvalue weighted by Gasteiger charge is -2.28. The van der Waals surface area contributed by atoms with Crippen molar-refractivity contribution in [2.75, 3.05) is 0 Å². The minimum absolute atomic E-state index is 0.0290. The number of nitrogens with one attached hydrogen (secondary N) is 1. The average molecular weight is 315 g/mol. The van der Waals surface area contributed by atoms with E-state index in [0.29, 0.717) is 12.8 Å². The SMILES string of the molecule is CC(C)(C)n1ncc2c1CCCC2NC(=O)CCc1ccco1. The molecule has 2 aromatic rings. The molecule has 0 aliphatic heterocycles. The van der Waals surface area contributed by atoms with E-state index >= 15 is 0 Å². The second-order valence-electron chi connectivity index (χ2n) is 7.22. The molecule has 1 atom stereocenters. The summed E-state index contributed by atoms with van der Waals surface area (Å²) in [6.07, 6.45) is 7.75. The van der Waals surface area contributed by atoms with Crippen molar-refractivity contribution in [1.82, 2.24) is 15.1 Å². The molecule has 5 heteroatoms. The summed E-state index contributed by atoms with van der Waals surface area (Å²) < 4.78 is 7.38.